The molecule has 0 saturated heterocycles. The van der Waals surface area contributed by atoms with Gasteiger partial charge in [0.2, 0.25) is 0 Å². The second-order valence-corrected chi connectivity index (χ2v) is 36.0. The summed E-state index contributed by atoms with van der Waals surface area (Å²) in [5, 5.41) is 12.8. The number of hydrogen-bond acceptors (Lipinski definition) is 2. The van der Waals surface area contributed by atoms with E-state index in [4.69, 9.17) is 0 Å². The van der Waals surface area contributed by atoms with Gasteiger partial charge in [-0.2, -0.15) is 0 Å². The van der Waals surface area contributed by atoms with E-state index in [1.165, 1.54) is 126 Å². The van der Waals surface area contributed by atoms with E-state index >= 15 is 0 Å². The first-order chi connectivity index (χ1) is 54.6. The monoisotopic (exact) mass is 1450 g/mol. The third-order valence-corrected chi connectivity index (χ3v) is 25.0. The van der Waals surface area contributed by atoms with Crippen LogP contribution in [-0.2, 0) is 21.7 Å². The van der Waals surface area contributed by atoms with Gasteiger partial charge < -0.3 is 18.9 Å². The van der Waals surface area contributed by atoms with Gasteiger partial charge in [-0.25, -0.2) is 0 Å². The minimum absolute atomic E-state index is 0.0637. The van der Waals surface area contributed by atoms with Crippen LogP contribution in [0, 0.1) is 0 Å². The molecule has 0 atom stereocenters. The molecule has 0 radical (unpaired) electrons. The summed E-state index contributed by atoms with van der Waals surface area (Å²) in [6.45, 7) is 27.9. The highest BCUT2D eigenvalue weighted by molar-refractivity contribution is 7.00. The van der Waals surface area contributed by atoms with Crippen molar-refractivity contribution in [2.75, 3.05) is 9.80 Å². The molecule has 0 bridgehead atoms. The Morgan fingerprint density at radius 3 is 0.965 bits per heavy atom. The molecule has 0 N–H and O–H groups in total. The zero-order chi connectivity index (χ0) is 76.9. The summed E-state index contributed by atoms with van der Waals surface area (Å²) in [6, 6.07) is 125. The van der Waals surface area contributed by atoms with Crippen LogP contribution in [0.5, 0.6) is 0 Å². The maximum Gasteiger partial charge on any atom is 0.252 e. The van der Waals surface area contributed by atoms with Crippen molar-refractivity contribution in [2.45, 2.75) is 105 Å². The maximum absolute atomic E-state index is 2.76. The lowest BCUT2D eigenvalue weighted by atomic mass is 9.33. The Balaban J connectivity index is 0.954. The van der Waals surface area contributed by atoms with Crippen LogP contribution in [0.25, 0.3) is 143 Å². The van der Waals surface area contributed by atoms with E-state index < -0.39 is 0 Å². The van der Waals surface area contributed by atoms with Crippen molar-refractivity contribution in [2.24, 2.45) is 0 Å². The standard InChI is InChI=1S/C108H89BN4/c1-105(2,3)74-48-42-69(43-49-74)86-62-76(107(7,8)9)60-84(67-30-18-14-19-31-67)103(86)112-94-64-78(110-90-40-24-22-36-80(90)81-37-23-25-41-91(81)110)52-54-88(94)109-89-55-53-79(111-92-56-46-71-34-26-38-82-83-39-27-35-72-47-57-93(111)101(99(72)83)100(92)98(71)82)65-95(89)113(97-59-73(58-96(112)102(97)109)66-28-16-13-17-29-66)104-85(68-32-20-15-21-33-68)61-77(108(10,11)12)63-87(104)70-44-50-75(51-45-70)106(4,5)6/h13-65H,1-12H3. The van der Waals surface area contributed by atoms with E-state index in [1.54, 1.807) is 0 Å². The fraction of sp³-hybridized carbons (Fsp3) is 0.148. The molecular formula is C108H89BN4. The number of rotatable bonds is 9. The number of anilines is 6. The maximum atomic E-state index is 2.76. The van der Waals surface area contributed by atoms with Crippen LogP contribution in [0.4, 0.5) is 34.1 Å². The average molecular weight is 1450 g/mol. The van der Waals surface area contributed by atoms with E-state index in [0.29, 0.717) is 0 Å². The molecule has 0 fully saturated rings. The topological polar surface area (TPSA) is 16.3 Å². The minimum atomic E-state index is -0.283. The molecule has 0 aliphatic carbocycles. The SMILES string of the molecule is CC(C)(C)c1ccc(-c2cc(C(C)(C)C)cc(-c3ccccc3)c2N2c3cc(-n4c5ccccc5c5ccccc54)ccc3B3c4ccc(-n5c6ccc7cccc8c9cccc%10ccc5c(c%109)c6c78)cc4N(c4c(-c5ccccc5)cc(C(C)(C)C)cc4-c4ccc(C(C)(C)C)cc4)c4cc(-c5ccccc5)cc2c43)cc1. The van der Waals surface area contributed by atoms with E-state index in [-0.39, 0.29) is 28.4 Å². The molecule has 4 nitrogen and oxygen atoms in total. The molecule has 544 valence electrons. The molecule has 4 heterocycles. The zero-order valence-corrected chi connectivity index (χ0v) is 66.5. The minimum Gasteiger partial charge on any atom is -0.310 e. The van der Waals surface area contributed by atoms with Gasteiger partial charge >= 0.3 is 0 Å². The van der Waals surface area contributed by atoms with Crippen molar-refractivity contribution in [3.05, 3.63) is 344 Å². The summed E-state index contributed by atoms with van der Waals surface area (Å²) in [5.41, 5.74) is 33.4. The second kappa shape index (κ2) is 24.9. The molecule has 113 heavy (non-hydrogen) atoms. The lowest BCUT2D eigenvalue weighted by Gasteiger charge is -2.46. The fourth-order valence-electron chi connectivity index (χ4n) is 19.2. The van der Waals surface area contributed by atoms with Gasteiger partial charge in [-0.05, 0) is 211 Å². The Hall–Kier alpha value is -12.7. The Bertz CT molecular complexity index is 6900. The van der Waals surface area contributed by atoms with Gasteiger partial charge in [-0.1, -0.05) is 320 Å². The Morgan fingerprint density at radius 2 is 0.575 bits per heavy atom. The average Bonchev–Trinajstić information content (AvgIpc) is 1.68. The molecule has 0 saturated carbocycles. The Labute approximate surface area is 663 Å². The van der Waals surface area contributed by atoms with E-state index in [9.17, 15) is 0 Å². The van der Waals surface area contributed by atoms with Crippen molar-refractivity contribution in [1.29, 1.82) is 0 Å². The van der Waals surface area contributed by atoms with E-state index in [0.717, 1.165) is 90.0 Å². The summed E-state index contributed by atoms with van der Waals surface area (Å²) in [7, 11) is 0. The smallest absolute Gasteiger partial charge is 0.252 e. The molecule has 2 aliphatic rings. The zero-order valence-electron chi connectivity index (χ0n) is 66.5. The number of benzene rings is 17. The van der Waals surface area contributed by atoms with Gasteiger partial charge in [-0.3, -0.25) is 0 Å². The van der Waals surface area contributed by atoms with E-state index in [2.05, 4.69) is 424 Å². The van der Waals surface area contributed by atoms with Crippen molar-refractivity contribution in [3.8, 4) is 67.0 Å². The van der Waals surface area contributed by atoms with Crippen molar-refractivity contribution in [3.63, 3.8) is 0 Å². The van der Waals surface area contributed by atoms with Gasteiger partial charge in [0, 0.05) is 77.9 Å². The number of fused-ring (bicyclic) bond motifs is 8. The summed E-state index contributed by atoms with van der Waals surface area (Å²) < 4.78 is 5.12. The van der Waals surface area contributed by atoms with Crippen LogP contribution in [0.15, 0.2) is 322 Å². The molecular weight excluding hydrogens is 1360 g/mol. The number of nitrogens with zero attached hydrogens (tertiary/aromatic N) is 4. The van der Waals surface area contributed by atoms with Crippen LogP contribution in [0.1, 0.15) is 105 Å². The lowest BCUT2D eigenvalue weighted by molar-refractivity contribution is 0.590. The normalized spacial score (nSPS) is 13.3. The third kappa shape index (κ3) is 10.6. The van der Waals surface area contributed by atoms with E-state index in [1.807, 2.05) is 0 Å². The summed E-state index contributed by atoms with van der Waals surface area (Å²) in [5.74, 6) is 0. The van der Waals surface area contributed by atoms with Crippen LogP contribution < -0.4 is 26.2 Å². The summed E-state index contributed by atoms with van der Waals surface area (Å²) >= 11 is 0. The highest BCUT2D eigenvalue weighted by atomic mass is 15.2. The first-order valence-corrected chi connectivity index (χ1v) is 40.3. The molecule has 0 unspecified atom stereocenters. The highest BCUT2D eigenvalue weighted by Crippen LogP contribution is 2.57. The Morgan fingerprint density at radius 1 is 0.230 bits per heavy atom. The largest absolute Gasteiger partial charge is 0.310 e. The molecule has 0 amide bonds. The molecule has 0 spiro atoms. The molecule has 5 heteroatoms. The van der Waals surface area contributed by atoms with Crippen LogP contribution in [-0.4, -0.2) is 15.8 Å². The van der Waals surface area contributed by atoms with Gasteiger partial charge in [0.25, 0.3) is 6.71 Å². The van der Waals surface area contributed by atoms with Gasteiger partial charge in [0.05, 0.1) is 33.4 Å². The van der Waals surface area contributed by atoms with Gasteiger partial charge in [-0.15, -0.1) is 0 Å². The van der Waals surface area contributed by atoms with Crippen molar-refractivity contribution >= 4 is 133 Å². The number of aromatic nitrogens is 2. The lowest BCUT2D eigenvalue weighted by Crippen LogP contribution is -2.61. The summed E-state index contributed by atoms with van der Waals surface area (Å²) in [4.78, 5) is 5.51. The highest BCUT2D eigenvalue weighted by Gasteiger charge is 2.47. The predicted octanol–water partition coefficient (Wildman–Crippen LogP) is 27.8. The van der Waals surface area contributed by atoms with Crippen molar-refractivity contribution < 1.29 is 0 Å². The van der Waals surface area contributed by atoms with Gasteiger partial charge in [0.1, 0.15) is 0 Å². The summed E-state index contributed by atoms with van der Waals surface area (Å²) in [6.07, 6.45) is 0. The predicted molar refractivity (Wildman–Crippen MR) is 486 cm³/mol. The third-order valence-electron chi connectivity index (χ3n) is 25.0. The fourth-order valence-corrected chi connectivity index (χ4v) is 19.2. The van der Waals surface area contributed by atoms with Crippen LogP contribution in [0.3, 0.4) is 0 Å². The quantitative estimate of drug-likeness (QED) is 0.0813. The van der Waals surface area contributed by atoms with Crippen LogP contribution in [0.2, 0.25) is 0 Å². The van der Waals surface area contributed by atoms with Crippen LogP contribution >= 0.6 is 0 Å². The molecule has 2 aromatic heterocycles. The molecule has 17 aromatic carbocycles. The van der Waals surface area contributed by atoms with Crippen molar-refractivity contribution in [1.82, 2.24) is 9.13 Å². The Kier molecular flexibility index (Phi) is 15.1. The number of para-hydroxylation sites is 2. The number of hydrogen-bond donors (Lipinski definition) is 0. The molecule has 21 rings (SSSR count). The second-order valence-electron chi connectivity index (χ2n) is 36.0. The van der Waals surface area contributed by atoms with Gasteiger partial charge in [0.15, 0.2) is 0 Å². The first-order valence-electron chi connectivity index (χ1n) is 40.3. The first kappa shape index (κ1) is 68.3. The molecule has 2 aliphatic heterocycles. The molecule has 19 aromatic rings.